The number of terminal acetylenes is 1. The van der Waals surface area contributed by atoms with Gasteiger partial charge in [0.15, 0.2) is 5.76 Å². The number of benzene rings is 4. The molecule has 3 aliphatic rings. The Hall–Kier alpha value is -7.48. The number of ether oxygens (including phenoxy) is 2. The Labute approximate surface area is 467 Å². The molecule has 1 heterocycles. The van der Waals surface area contributed by atoms with Crippen LogP contribution in [0.5, 0.6) is 5.75 Å². The molecule has 4 nitrogen and oxygen atoms in total. The highest BCUT2D eigenvalue weighted by atomic mass is 16.5. The predicted molar refractivity (Wildman–Crippen MR) is 339 cm³/mol. The minimum Gasteiger partial charge on any atom is -0.487 e. The van der Waals surface area contributed by atoms with Crippen LogP contribution in [0.1, 0.15) is 143 Å². The molecule has 2 bridgehead atoms. The number of fused-ring (bicyclic) bond motifs is 2. The third kappa shape index (κ3) is 15.8. The predicted octanol–water partition coefficient (Wildman–Crippen LogP) is 21.0. The van der Waals surface area contributed by atoms with E-state index in [0.29, 0.717) is 42.0 Å². The Kier molecular flexibility index (Phi) is 24.0. The van der Waals surface area contributed by atoms with Gasteiger partial charge in [0.25, 0.3) is 0 Å². The number of hydrogen-bond acceptors (Lipinski definition) is 4. The van der Waals surface area contributed by atoms with E-state index in [2.05, 4.69) is 283 Å². The van der Waals surface area contributed by atoms with Crippen LogP contribution in [0.3, 0.4) is 0 Å². The summed E-state index contributed by atoms with van der Waals surface area (Å²) in [6.45, 7) is 44.6. The van der Waals surface area contributed by atoms with E-state index in [-0.39, 0.29) is 11.3 Å². The standard InChI is InChI=1S/C63H68N2O2.C6H14.C2H6.C2H2/c1-12-27-57(61(48(9)45(6)13-2)67-43-50(14-3)63(10,11)15-4)65(52-32-22-17-23-33-52)60-41-47(8)53-38-37-49-42-56(53)55(60)35-25-28-44(5)40-59(49)64(51-30-20-16-21-31-51)58-36-26-34-54-46(7)29-19-18-24-39-66-62(54)58;1-5-6(2,3)4;2*1-2/h12-14,16-27,29-38,40-41,46H,2,6,9,15,28,39,42-43H2,1,3-5,7-8,10-11H3;5H2,1-4H3;1-2H3;1-2H/b24-18-,27-12-,29-19-,35-25-,44-40-,50-14+,59-49+,61-57-;;;. The highest BCUT2D eigenvalue weighted by Gasteiger charge is 2.30. The molecule has 0 radical (unpaired) electrons. The molecule has 0 spiro atoms. The second-order valence-corrected chi connectivity index (χ2v) is 21.2. The summed E-state index contributed by atoms with van der Waals surface area (Å²) in [5, 5.41) is 0. The van der Waals surface area contributed by atoms with Gasteiger partial charge in [-0.15, -0.1) is 12.8 Å². The van der Waals surface area contributed by atoms with Gasteiger partial charge in [-0.2, -0.15) is 0 Å². The van der Waals surface area contributed by atoms with Crippen molar-refractivity contribution in [3.05, 3.63) is 244 Å². The Bertz CT molecular complexity index is 2970. The van der Waals surface area contributed by atoms with Crippen LogP contribution in [-0.4, -0.2) is 13.2 Å². The molecule has 1 unspecified atom stereocenters. The van der Waals surface area contributed by atoms with Gasteiger partial charge in [0.2, 0.25) is 0 Å². The molecule has 4 aromatic carbocycles. The van der Waals surface area contributed by atoms with Gasteiger partial charge in [-0.3, -0.25) is 0 Å². The zero-order valence-corrected chi connectivity index (χ0v) is 49.4. The Morgan fingerprint density at radius 3 is 2.05 bits per heavy atom. The van der Waals surface area contributed by atoms with Crippen molar-refractivity contribution in [1.82, 2.24) is 0 Å². The van der Waals surface area contributed by atoms with Crippen LogP contribution in [0.15, 0.2) is 217 Å². The minimum absolute atomic E-state index is 0.0482. The van der Waals surface area contributed by atoms with E-state index in [1.807, 2.05) is 13.8 Å². The number of hydrogen-bond donors (Lipinski definition) is 0. The summed E-state index contributed by atoms with van der Waals surface area (Å²) in [5.41, 5.74) is 17.7. The van der Waals surface area contributed by atoms with E-state index in [9.17, 15) is 0 Å². The fourth-order valence-electron chi connectivity index (χ4n) is 9.10. The van der Waals surface area contributed by atoms with E-state index in [1.54, 1.807) is 6.08 Å². The molecule has 4 heteroatoms. The molecule has 0 saturated carbocycles. The van der Waals surface area contributed by atoms with E-state index in [4.69, 9.17) is 9.47 Å². The van der Waals surface area contributed by atoms with Gasteiger partial charge < -0.3 is 19.3 Å². The van der Waals surface area contributed by atoms with Crippen LogP contribution in [0.25, 0.3) is 12.2 Å². The van der Waals surface area contributed by atoms with Gasteiger partial charge in [-0.25, -0.2) is 0 Å². The fourth-order valence-corrected chi connectivity index (χ4v) is 9.10. The molecular weight excluding hydrogens is 937 g/mol. The third-order valence-corrected chi connectivity index (χ3v) is 14.4. The summed E-state index contributed by atoms with van der Waals surface area (Å²) in [6.07, 6.45) is 40.1. The maximum Gasteiger partial charge on any atom is 0.150 e. The summed E-state index contributed by atoms with van der Waals surface area (Å²) < 4.78 is 13.8. The van der Waals surface area contributed by atoms with Gasteiger partial charge in [0.05, 0.1) is 17.1 Å². The molecule has 0 saturated heterocycles. The maximum atomic E-state index is 7.06. The molecule has 7 rings (SSSR count). The van der Waals surface area contributed by atoms with Gasteiger partial charge in [-0.1, -0.05) is 210 Å². The molecule has 0 aromatic heterocycles. The van der Waals surface area contributed by atoms with Gasteiger partial charge >= 0.3 is 0 Å². The van der Waals surface area contributed by atoms with E-state index in [1.165, 1.54) is 39.8 Å². The Morgan fingerprint density at radius 1 is 0.805 bits per heavy atom. The SMILES string of the molecule is C#C.C=CC(=C)C(=C)/C(OC/C(=C\C)C(C)(C)CC)=C(\C=C/C)N(c1ccccc1)c1cc(C)c2c3c1/C=C\C/C(C)=C\C(N(c1ccccc1)c1cccc4c1OC/C=C\C=C/C4C)=C(\C=C2)C3.CC.CCC(C)(C)C. The lowest BCUT2D eigenvalue weighted by molar-refractivity contribution is 0.220. The lowest BCUT2D eigenvalue weighted by Crippen LogP contribution is -2.23. The van der Waals surface area contributed by atoms with Crippen molar-refractivity contribution in [3.63, 3.8) is 0 Å². The average Bonchev–Trinajstić information content (AvgIpc) is 3.55. The molecular formula is C73H90N2O2. The van der Waals surface area contributed by atoms with Crippen molar-refractivity contribution >= 4 is 34.9 Å². The normalized spacial score (nSPS) is 18.0. The molecule has 0 fully saturated rings. The molecule has 0 N–H and O–H groups in total. The van der Waals surface area contributed by atoms with Crippen molar-refractivity contribution in [2.45, 2.75) is 129 Å². The van der Waals surface area contributed by atoms with Gasteiger partial charge in [-0.05, 0) is 139 Å². The van der Waals surface area contributed by atoms with E-state index >= 15 is 0 Å². The highest BCUT2D eigenvalue weighted by molar-refractivity contribution is 5.87. The topological polar surface area (TPSA) is 24.9 Å². The van der Waals surface area contributed by atoms with Crippen LogP contribution in [0.2, 0.25) is 0 Å². The van der Waals surface area contributed by atoms with Crippen molar-refractivity contribution in [2.24, 2.45) is 10.8 Å². The van der Waals surface area contributed by atoms with Crippen molar-refractivity contribution < 1.29 is 9.47 Å². The Morgan fingerprint density at radius 2 is 1.45 bits per heavy atom. The first-order chi connectivity index (χ1) is 37.0. The summed E-state index contributed by atoms with van der Waals surface area (Å²) in [7, 11) is 0. The quantitative estimate of drug-likeness (QED) is 0.0513. The largest absolute Gasteiger partial charge is 0.487 e. The monoisotopic (exact) mass is 1030 g/mol. The number of aryl methyl sites for hydroxylation is 1. The van der Waals surface area contributed by atoms with Crippen molar-refractivity contribution in [2.75, 3.05) is 23.0 Å². The van der Waals surface area contributed by atoms with Gasteiger partial charge in [0.1, 0.15) is 19.0 Å². The average molecular weight is 1030 g/mol. The minimum atomic E-state index is -0.0482. The second-order valence-electron chi connectivity index (χ2n) is 21.2. The van der Waals surface area contributed by atoms with E-state index in [0.717, 1.165) is 63.9 Å². The molecule has 1 atom stereocenters. The Balaban J connectivity index is 0.00000118. The summed E-state index contributed by atoms with van der Waals surface area (Å²) in [4.78, 5) is 4.76. The first-order valence-corrected chi connectivity index (χ1v) is 27.7. The fraction of sp³-hybridized carbons (Fsp3) is 0.315. The third-order valence-electron chi connectivity index (χ3n) is 14.4. The summed E-state index contributed by atoms with van der Waals surface area (Å²) in [6, 6.07) is 30.2. The van der Waals surface area contributed by atoms with Crippen molar-refractivity contribution in [3.8, 4) is 18.6 Å². The molecule has 1 aliphatic heterocycles. The van der Waals surface area contributed by atoms with Crippen LogP contribution < -0.4 is 14.5 Å². The molecule has 0 amide bonds. The summed E-state index contributed by atoms with van der Waals surface area (Å²) in [5.74, 6) is 1.70. The summed E-state index contributed by atoms with van der Waals surface area (Å²) >= 11 is 0. The maximum absolute atomic E-state index is 7.06. The molecule has 4 aromatic rings. The molecule has 2 aliphatic carbocycles. The lowest BCUT2D eigenvalue weighted by atomic mass is 9.82. The van der Waals surface area contributed by atoms with E-state index < -0.39 is 0 Å². The first kappa shape index (κ1) is 62.1. The highest BCUT2D eigenvalue weighted by Crippen LogP contribution is 2.47. The van der Waals surface area contributed by atoms with Gasteiger partial charge in [0, 0.05) is 46.1 Å². The van der Waals surface area contributed by atoms with Crippen LogP contribution >= 0.6 is 0 Å². The number of anilines is 4. The molecule has 77 heavy (non-hydrogen) atoms. The lowest BCUT2D eigenvalue weighted by Gasteiger charge is -2.35. The van der Waals surface area contributed by atoms with Crippen LogP contribution in [0, 0.1) is 30.6 Å². The number of allylic oxidation sites excluding steroid dienone is 13. The first-order valence-electron chi connectivity index (χ1n) is 27.7. The number of rotatable bonds is 15. The van der Waals surface area contributed by atoms with Crippen molar-refractivity contribution in [1.29, 1.82) is 0 Å². The smallest absolute Gasteiger partial charge is 0.150 e. The van der Waals surface area contributed by atoms with Crippen LogP contribution in [0.4, 0.5) is 22.7 Å². The second kappa shape index (κ2) is 29.7. The zero-order valence-electron chi connectivity index (χ0n) is 49.4. The molecule has 404 valence electrons. The number of nitrogens with zero attached hydrogens (tertiary/aromatic N) is 2. The van der Waals surface area contributed by atoms with Crippen LogP contribution in [-0.2, 0) is 11.2 Å². The number of para-hydroxylation sites is 3. The zero-order chi connectivity index (χ0) is 56.9.